The molecule has 0 radical (unpaired) electrons. The highest BCUT2D eigenvalue weighted by molar-refractivity contribution is 9.10. The van der Waals surface area contributed by atoms with Gasteiger partial charge in [0.1, 0.15) is 6.04 Å². The van der Waals surface area contributed by atoms with Gasteiger partial charge in [-0.25, -0.2) is 0 Å². The van der Waals surface area contributed by atoms with Crippen LogP contribution >= 0.6 is 15.9 Å². The van der Waals surface area contributed by atoms with E-state index in [1.54, 1.807) is 37.2 Å². The van der Waals surface area contributed by atoms with Crippen molar-refractivity contribution in [3.05, 3.63) is 46.7 Å². The Hall–Kier alpha value is -1.66. The Morgan fingerprint density at radius 2 is 2.30 bits per heavy atom. The highest BCUT2D eigenvalue weighted by Gasteiger charge is 2.17. The lowest BCUT2D eigenvalue weighted by molar-refractivity contribution is -0.119. The average molecular weight is 338 g/mol. The van der Waals surface area contributed by atoms with Crippen LogP contribution in [-0.4, -0.2) is 22.8 Å². The molecule has 1 heterocycles. The van der Waals surface area contributed by atoms with Crippen LogP contribution in [0.25, 0.3) is 0 Å². The van der Waals surface area contributed by atoms with E-state index in [1.165, 1.54) is 0 Å². The molecule has 1 aromatic carbocycles. The van der Waals surface area contributed by atoms with Crippen molar-refractivity contribution in [2.75, 3.05) is 12.4 Å². The predicted octanol–water partition coefficient (Wildman–Crippen LogP) is 2.99. The van der Waals surface area contributed by atoms with Gasteiger partial charge in [-0.05, 0) is 25.1 Å². The quantitative estimate of drug-likeness (QED) is 0.912. The summed E-state index contributed by atoms with van der Waals surface area (Å²) in [5, 5.41) is 6.99. The molecule has 0 aliphatic carbocycles. The number of benzene rings is 1. The van der Waals surface area contributed by atoms with Gasteiger partial charge in [-0.1, -0.05) is 22.0 Å². The molecule has 0 bridgehead atoms. The lowest BCUT2D eigenvalue weighted by Gasteiger charge is -2.16. The second kappa shape index (κ2) is 6.67. The third-order valence-corrected chi connectivity index (χ3v) is 3.71. The van der Waals surface area contributed by atoms with Gasteiger partial charge >= 0.3 is 0 Å². The number of halogens is 1. The number of methoxy groups -OCH3 is 1. The van der Waals surface area contributed by atoms with Crippen molar-refractivity contribution in [3.8, 4) is 0 Å². The van der Waals surface area contributed by atoms with E-state index in [0.717, 1.165) is 15.7 Å². The van der Waals surface area contributed by atoms with E-state index in [2.05, 4.69) is 26.3 Å². The van der Waals surface area contributed by atoms with Gasteiger partial charge in [-0.2, -0.15) is 5.10 Å². The minimum atomic E-state index is -0.376. The van der Waals surface area contributed by atoms with Crippen molar-refractivity contribution in [1.29, 1.82) is 0 Å². The van der Waals surface area contributed by atoms with Gasteiger partial charge in [0.05, 0.1) is 6.61 Å². The molecule has 0 spiro atoms. The third-order valence-electron chi connectivity index (χ3n) is 2.97. The van der Waals surface area contributed by atoms with E-state index in [-0.39, 0.29) is 11.9 Å². The van der Waals surface area contributed by atoms with E-state index in [4.69, 9.17) is 4.74 Å². The van der Waals surface area contributed by atoms with Crippen LogP contribution in [0.5, 0.6) is 0 Å². The Labute approximate surface area is 126 Å². The van der Waals surface area contributed by atoms with Crippen LogP contribution in [0.2, 0.25) is 0 Å². The van der Waals surface area contributed by atoms with Gasteiger partial charge in [0.25, 0.3) is 0 Å². The SMILES string of the molecule is COCc1c(Br)cccc1NC(=O)C(C)n1cccn1. The maximum Gasteiger partial charge on any atom is 0.248 e. The number of nitrogens with zero attached hydrogens (tertiary/aromatic N) is 2. The first kappa shape index (κ1) is 14.7. The highest BCUT2D eigenvalue weighted by Crippen LogP contribution is 2.26. The smallest absolute Gasteiger partial charge is 0.248 e. The van der Waals surface area contributed by atoms with Crippen LogP contribution in [0, 0.1) is 0 Å². The summed E-state index contributed by atoms with van der Waals surface area (Å²) in [7, 11) is 1.62. The molecule has 106 valence electrons. The molecule has 1 N–H and O–H groups in total. The number of rotatable bonds is 5. The van der Waals surface area contributed by atoms with Crippen LogP contribution in [0.15, 0.2) is 41.1 Å². The molecule has 1 unspecified atom stereocenters. The molecule has 1 atom stereocenters. The molecule has 0 saturated heterocycles. The summed E-state index contributed by atoms with van der Waals surface area (Å²) < 4.78 is 7.69. The first-order valence-corrected chi connectivity index (χ1v) is 6.99. The van der Waals surface area contributed by atoms with Crippen molar-refractivity contribution >= 4 is 27.5 Å². The summed E-state index contributed by atoms with van der Waals surface area (Å²) in [6, 6.07) is 7.06. The number of ether oxygens (including phenoxy) is 1. The summed E-state index contributed by atoms with van der Waals surface area (Å²) in [4.78, 5) is 12.3. The zero-order chi connectivity index (χ0) is 14.5. The summed E-state index contributed by atoms with van der Waals surface area (Å²) in [6.07, 6.45) is 3.42. The molecule has 0 aliphatic heterocycles. The molecular formula is C14H16BrN3O2. The number of hydrogen-bond donors (Lipinski definition) is 1. The minimum absolute atomic E-state index is 0.121. The minimum Gasteiger partial charge on any atom is -0.380 e. The lowest BCUT2D eigenvalue weighted by atomic mass is 10.2. The van der Waals surface area contributed by atoms with Gasteiger partial charge in [0.2, 0.25) is 5.91 Å². The topological polar surface area (TPSA) is 56.1 Å². The molecule has 5 nitrogen and oxygen atoms in total. The number of carbonyl (C=O) groups excluding carboxylic acids is 1. The Balaban J connectivity index is 2.17. The number of anilines is 1. The summed E-state index contributed by atoms with van der Waals surface area (Å²) in [5.74, 6) is -0.121. The number of nitrogens with one attached hydrogen (secondary N) is 1. The largest absolute Gasteiger partial charge is 0.380 e. The van der Waals surface area contributed by atoms with Crippen LogP contribution in [0.1, 0.15) is 18.5 Å². The maximum absolute atomic E-state index is 12.3. The van der Waals surface area contributed by atoms with Crippen molar-refractivity contribution in [1.82, 2.24) is 9.78 Å². The maximum atomic E-state index is 12.3. The van der Waals surface area contributed by atoms with E-state index < -0.39 is 0 Å². The van der Waals surface area contributed by atoms with Gasteiger partial charge in [-0.15, -0.1) is 0 Å². The molecule has 1 amide bonds. The molecular weight excluding hydrogens is 322 g/mol. The molecule has 2 aromatic rings. The number of carbonyl (C=O) groups is 1. The predicted molar refractivity (Wildman–Crippen MR) is 80.4 cm³/mol. The van der Waals surface area contributed by atoms with Crippen molar-refractivity contribution < 1.29 is 9.53 Å². The standard InChI is InChI=1S/C14H16BrN3O2/c1-10(18-8-4-7-16-18)14(19)17-13-6-3-5-12(15)11(13)9-20-2/h3-8,10H,9H2,1-2H3,(H,17,19). The molecule has 2 rings (SSSR count). The van der Waals surface area contributed by atoms with Crippen LogP contribution in [0.4, 0.5) is 5.69 Å². The van der Waals surface area contributed by atoms with Crippen LogP contribution in [0.3, 0.4) is 0 Å². The summed E-state index contributed by atoms with van der Waals surface area (Å²) in [5.41, 5.74) is 1.65. The zero-order valence-corrected chi connectivity index (χ0v) is 12.9. The summed E-state index contributed by atoms with van der Waals surface area (Å²) >= 11 is 3.46. The number of hydrogen-bond acceptors (Lipinski definition) is 3. The van der Waals surface area contributed by atoms with Crippen molar-refractivity contribution in [2.45, 2.75) is 19.6 Å². The van der Waals surface area contributed by atoms with Crippen molar-refractivity contribution in [3.63, 3.8) is 0 Å². The molecule has 1 aromatic heterocycles. The van der Waals surface area contributed by atoms with Crippen molar-refractivity contribution in [2.24, 2.45) is 0 Å². The molecule has 6 heteroatoms. The fourth-order valence-electron chi connectivity index (χ4n) is 1.83. The molecule has 0 aliphatic rings. The fraction of sp³-hybridized carbons (Fsp3) is 0.286. The van der Waals surface area contributed by atoms with E-state index in [9.17, 15) is 4.79 Å². The monoisotopic (exact) mass is 337 g/mol. The zero-order valence-electron chi connectivity index (χ0n) is 11.3. The van der Waals surface area contributed by atoms with Gasteiger partial charge in [-0.3, -0.25) is 9.48 Å². The van der Waals surface area contributed by atoms with E-state index in [1.807, 2.05) is 18.2 Å². The number of aromatic nitrogens is 2. The third kappa shape index (κ3) is 3.26. The first-order valence-electron chi connectivity index (χ1n) is 6.19. The van der Waals surface area contributed by atoms with E-state index in [0.29, 0.717) is 6.61 Å². The molecule has 20 heavy (non-hydrogen) atoms. The Morgan fingerprint density at radius 1 is 1.50 bits per heavy atom. The van der Waals surface area contributed by atoms with Gasteiger partial charge in [0.15, 0.2) is 0 Å². The lowest BCUT2D eigenvalue weighted by Crippen LogP contribution is -2.24. The van der Waals surface area contributed by atoms with Gasteiger partial charge in [0, 0.05) is 35.2 Å². The Bertz CT molecular complexity index is 584. The average Bonchev–Trinajstić information content (AvgIpc) is 2.96. The molecule has 0 fully saturated rings. The normalized spacial score (nSPS) is 12.2. The highest BCUT2D eigenvalue weighted by atomic mass is 79.9. The van der Waals surface area contributed by atoms with Gasteiger partial charge < -0.3 is 10.1 Å². The molecule has 0 saturated carbocycles. The summed E-state index contributed by atoms with van der Waals surface area (Å²) in [6.45, 7) is 2.23. The Kier molecular flexibility index (Phi) is 4.92. The van der Waals surface area contributed by atoms with E-state index >= 15 is 0 Å². The van der Waals surface area contributed by atoms with Crippen LogP contribution in [-0.2, 0) is 16.1 Å². The van der Waals surface area contributed by atoms with Crippen LogP contribution < -0.4 is 5.32 Å². The second-order valence-corrected chi connectivity index (χ2v) is 5.20. The Morgan fingerprint density at radius 3 is 2.95 bits per heavy atom. The number of amides is 1. The second-order valence-electron chi connectivity index (χ2n) is 4.35. The first-order chi connectivity index (χ1) is 9.63. The fourth-order valence-corrected chi connectivity index (χ4v) is 2.31.